The number of nitrogens with one attached hydrogen (secondary N) is 1. The van der Waals surface area contributed by atoms with Crippen molar-refractivity contribution < 1.29 is 47.4 Å². The number of nitrogens with two attached hydrogens (primary N) is 1. The highest BCUT2D eigenvalue weighted by molar-refractivity contribution is 6.32. The molecular weight excluding hydrogens is 547 g/mol. The summed E-state index contributed by atoms with van der Waals surface area (Å²) in [4.78, 5) is 67.3. The van der Waals surface area contributed by atoms with Gasteiger partial charge in [-0.3, -0.25) is 28.9 Å². The fourth-order valence-electron chi connectivity index (χ4n) is 6.74. The van der Waals surface area contributed by atoms with Crippen LogP contribution in [0.4, 0.5) is 13.2 Å². The normalized spacial score (nSPS) is 30.8. The van der Waals surface area contributed by atoms with Crippen molar-refractivity contribution in [2.24, 2.45) is 35.3 Å². The summed E-state index contributed by atoms with van der Waals surface area (Å²) < 4.78 is 43.6. The number of fused-ring (bicyclic) bond motifs is 3. The lowest BCUT2D eigenvalue weighted by Crippen LogP contribution is -2.74. The number of phenolic OH excluding ortho intramolecular Hbond substituents is 1. The highest BCUT2D eigenvalue weighted by atomic mass is 19.4. The minimum absolute atomic E-state index is 0.101. The Morgan fingerprint density at radius 1 is 1.17 bits per heavy atom. The van der Waals surface area contributed by atoms with Gasteiger partial charge in [0.2, 0.25) is 5.91 Å². The predicted octanol–water partition coefficient (Wildman–Crippen LogP) is 1.02. The van der Waals surface area contributed by atoms with Crippen LogP contribution in [0.15, 0.2) is 6.07 Å². The van der Waals surface area contributed by atoms with E-state index in [1.54, 1.807) is 6.92 Å². The van der Waals surface area contributed by atoms with Crippen molar-refractivity contribution in [3.8, 4) is 5.75 Å². The number of amides is 1. The van der Waals surface area contributed by atoms with E-state index in [1.165, 1.54) is 19.0 Å². The number of carbonyl (C=O) groups excluding carboxylic acids is 5. The van der Waals surface area contributed by atoms with E-state index in [-0.39, 0.29) is 30.5 Å². The summed E-state index contributed by atoms with van der Waals surface area (Å²) >= 11 is 0. The minimum atomic E-state index is -4.92. The molecule has 13 heteroatoms. The molecule has 0 heterocycles. The van der Waals surface area contributed by atoms with Gasteiger partial charge in [-0.05, 0) is 62.9 Å². The number of aliphatic hydroxyl groups is 1. The molecule has 3 aliphatic carbocycles. The summed E-state index contributed by atoms with van der Waals surface area (Å²) in [5.74, 6) is -13.3. The van der Waals surface area contributed by atoms with Gasteiger partial charge in [-0.15, -0.1) is 0 Å². The first-order valence-corrected chi connectivity index (χ1v) is 13.4. The van der Waals surface area contributed by atoms with E-state index in [9.17, 15) is 47.4 Å². The Hall–Kier alpha value is -3.16. The molecule has 0 aromatic heterocycles. The second kappa shape index (κ2) is 10.3. The average molecular weight is 582 g/mol. The van der Waals surface area contributed by atoms with Gasteiger partial charge in [0.05, 0.1) is 23.1 Å². The van der Waals surface area contributed by atoms with Crippen LogP contribution in [0.1, 0.15) is 54.2 Å². The van der Waals surface area contributed by atoms with Crippen LogP contribution >= 0.6 is 0 Å². The zero-order valence-corrected chi connectivity index (χ0v) is 23.3. The van der Waals surface area contributed by atoms with Gasteiger partial charge in [0.25, 0.3) is 0 Å². The van der Waals surface area contributed by atoms with E-state index in [4.69, 9.17) is 5.73 Å². The lowest BCUT2D eigenvalue weighted by molar-refractivity contribution is -0.181. The number of nitrogens with zero attached hydrogens (tertiary/aromatic N) is 1. The third-order valence-corrected chi connectivity index (χ3v) is 9.04. The van der Waals surface area contributed by atoms with Gasteiger partial charge >= 0.3 is 6.18 Å². The topological polar surface area (TPSA) is 167 Å². The number of alkyl halides is 3. The summed E-state index contributed by atoms with van der Waals surface area (Å²) in [6.07, 6.45) is -5.73. The molecule has 3 aliphatic rings. The predicted molar refractivity (Wildman–Crippen MR) is 138 cm³/mol. The number of Topliss-reactive ketones (excluding diaryl/α,β-unsaturated/α-hetero) is 4. The summed E-state index contributed by atoms with van der Waals surface area (Å²) in [5, 5.41) is 25.4. The molecule has 224 valence electrons. The summed E-state index contributed by atoms with van der Waals surface area (Å²) in [5.41, 5.74) is -0.201. The molecule has 0 spiro atoms. The van der Waals surface area contributed by atoms with E-state index >= 15 is 0 Å². The van der Waals surface area contributed by atoms with Crippen molar-refractivity contribution in [1.29, 1.82) is 0 Å². The molecule has 2 fully saturated rings. The number of hydrogen-bond acceptors (Lipinski definition) is 9. The maximum absolute atomic E-state index is 14.5. The van der Waals surface area contributed by atoms with Gasteiger partial charge in [-0.1, -0.05) is 13.8 Å². The van der Waals surface area contributed by atoms with Crippen LogP contribution < -0.4 is 11.1 Å². The molecule has 4 rings (SSSR count). The maximum atomic E-state index is 14.5. The number of phenols is 1. The van der Waals surface area contributed by atoms with Gasteiger partial charge in [0.15, 0.2) is 34.7 Å². The van der Waals surface area contributed by atoms with Gasteiger partial charge in [-0.25, -0.2) is 0 Å². The molecule has 1 aromatic carbocycles. The van der Waals surface area contributed by atoms with Crippen LogP contribution in [0.25, 0.3) is 0 Å². The first-order valence-electron chi connectivity index (χ1n) is 13.4. The van der Waals surface area contributed by atoms with Crippen molar-refractivity contribution in [2.75, 3.05) is 14.1 Å². The number of halogens is 3. The fraction of sp³-hybridized carbons (Fsp3) is 0.607. The van der Waals surface area contributed by atoms with E-state index in [0.717, 1.165) is 6.07 Å². The molecule has 1 amide bonds. The van der Waals surface area contributed by atoms with Crippen LogP contribution in [0.2, 0.25) is 0 Å². The molecule has 2 unspecified atom stereocenters. The molecule has 5 N–H and O–H groups in total. The maximum Gasteiger partial charge on any atom is 0.417 e. The number of aromatic hydroxyl groups is 1. The number of carbonyl (C=O) groups is 5. The molecule has 1 aromatic rings. The molecule has 10 nitrogen and oxygen atoms in total. The first kappa shape index (κ1) is 30.8. The Bertz CT molecular complexity index is 1340. The zero-order valence-electron chi connectivity index (χ0n) is 23.3. The Kier molecular flexibility index (Phi) is 7.72. The molecule has 2 saturated carbocycles. The average Bonchev–Trinajstić information content (AvgIpc) is 2.83. The Morgan fingerprint density at radius 3 is 2.29 bits per heavy atom. The number of rotatable bonds is 6. The standard InChI is InChI=1S/C28H34F3N3O7/c1-10(2)11(3)33-9-13-8-16(35)18-14(20(13)28(29,30)31)6-12-7-15-21(34(4)5)23(37)19(26(32)40)25(39)27(15,41)24(38)17(12)22(18)36/h8,10-12,15,17,19,21,33,35,41H,6-7,9H2,1-5H3,(H2,32,40)/t11-,12-,15-,17?,19?,21-,27-/m0/s1. The van der Waals surface area contributed by atoms with Crippen LogP contribution in [0.3, 0.4) is 0 Å². The SMILES string of the molecule is CC(C)[C@H](C)NCc1cc(O)c2c(c1C(F)(F)F)C[C@H]1C[C@H]3[C@H](N(C)C)C(=O)C(C(N)=O)C(=O)[C@@]3(O)C(=O)C1C2=O. The molecule has 0 aliphatic heterocycles. The number of ketones is 4. The number of hydrogen-bond donors (Lipinski definition) is 4. The second-order valence-corrected chi connectivity index (χ2v) is 12.0. The van der Waals surface area contributed by atoms with Crippen molar-refractivity contribution in [3.63, 3.8) is 0 Å². The number of benzene rings is 1. The van der Waals surface area contributed by atoms with Crippen LogP contribution in [0.5, 0.6) is 5.75 Å². The number of primary amides is 1. The smallest absolute Gasteiger partial charge is 0.417 e. The van der Waals surface area contributed by atoms with Gasteiger partial charge in [-0.2, -0.15) is 13.2 Å². The van der Waals surface area contributed by atoms with Crippen molar-refractivity contribution >= 4 is 29.0 Å². The van der Waals surface area contributed by atoms with Crippen LogP contribution in [-0.4, -0.2) is 75.9 Å². The number of likely N-dealkylation sites (N-methyl/N-ethyl adjacent to an activating group) is 1. The monoisotopic (exact) mass is 581 g/mol. The Morgan fingerprint density at radius 2 is 1.78 bits per heavy atom. The van der Waals surface area contributed by atoms with E-state index < -0.39 is 99.4 Å². The molecule has 41 heavy (non-hydrogen) atoms. The van der Waals surface area contributed by atoms with E-state index in [1.807, 2.05) is 13.8 Å². The largest absolute Gasteiger partial charge is 0.507 e. The highest BCUT2D eigenvalue weighted by Gasteiger charge is 2.69. The van der Waals surface area contributed by atoms with Gasteiger partial charge < -0.3 is 21.3 Å². The van der Waals surface area contributed by atoms with E-state index in [2.05, 4.69) is 5.32 Å². The van der Waals surface area contributed by atoms with Crippen LogP contribution in [0, 0.1) is 29.6 Å². The highest BCUT2D eigenvalue weighted by Crippen LogP contribution is 2.52. The van der Waals surface area contributed by atoms with E-state index in [0.29, 0.717) is 0 Å². The summed E-state index contributed by atoms with van der Waals surface area (Å²) in [6, 6.07) is -0.664. The summed E-state index contributed by atoms with van der Waals surface area (Å²) in [6.45, 7) is 5.33. The van der Waals surface area contributed by atoms with Gasteiger partial charge in [0, 0.05) is 18.5 Å². The first-order chi connectivity index (χ1) is 18.8. The lowest BCUT2D eigenvalue weighted by Gasteiger charge is -2.52. The van der Waals surface area contributed by atoms with Crippen molar-refractivity contribution in [2.45, 2.75) is 64.0 Å². The molecular formula is C28H34F3N3O7. The minimum Gasteiger partial charge on any atom is -0.507 e. The Labute approximate surface area is 234 Å². The third-order valence-electron chi connectivity index (χ3n) is 9.04. The van der Waals surface area contributed by atoms with Crippen molar-refractivity contribution in [1.82, 2.24) is 10.2 Å². The molecule has 7 atom stereocenters. The summed E-state index contributed by atoms with van der Waals surface area (Å²) in [7, 11) is 2.85. The fourth-order valence-corrected chi connectivity index (χ4v) is 6.74. The van der Waals surface area contributed by atoms with Crippen LogP contribution in [-0.2, 0) is 38.3 Å². The quantitative estimate of drug-likeness (QED) is 0.359. The lowest BCUT2D eigenvalue weighted by atomic mass is 9.52. The molecule has 0 bridgehead atoms. The zero-order chi connectivity index (χ0) is 30.9. The molecule has 0 radical (unpaired) electrons. The second-order valence-electron chi connectivity index (χ2n) is 12.0. The van der Waals surface area contributed by atoms with Gasteiger partial charge in [0.1, 0.15) is 5.75 Å². The van der Waals surface area contributed by atoms with Crippen molar-refractivity contribution in [3.05, 3.63) is 28.3 Å². The Balaban J connectivity index is 1.87. The third kappa shape index (κ3) is 4.67. The molecule has 0 saturated heterocycles.